The zero-order valence-electron chi connectivity index (χ0n) is 32.4. The van der Waals surface area contributed by atoms with Crippen molar-refractivity contribution in [2.45, 2.75) is 0 Å². The fourth-order valence-corrected chi connectivity index (χ4v) is 8.01. The molecule has 9 aromatic carbocycles. The highest BCUT2D eigenvalue weighted by molar-refractivity contribution is 5.96. The first-order valence-corrected chi connectivity index (χ1v) is 20.1. The third-order valence-electron chi connectivity index (χ3n) is 11.1. The molecule has 11 rings (SSSR count). The highest BCUT2D eigenvalue weighted by atomic mass is 15.0. The highest BCUT2D eigenvalue weighted by Crippen LogP contribution is 2.35. The van der Waals surface area contributed by atoms with Crippen LogP contribution in [0.1, 0.15) is 0 Å². The Morgan fingerprint density at radius 2 is 0.650 bits per heavy atom. The molecule has 0 unspecified atom stereocenters. The van der Waals surface area contributed by atoms with Gasteiger partial charge in [0.15, 0.2) is 23.3 Å². The molecule has 0 aliphatic rings. The Bertz CT molecular complexity index is 3290. The molecule has 0 bridgehead atoms. The van der Waals surface area contributed by atoms with Crippen LogP contribution < -0.4 is 0 Å². The molecule has 5 nitrogen and oxygen atoms in total. The van der Waals surface area contributed by atoms with Gasteiger partial charge in [0, 0.05) is 33.4 Å². The molecule has 2 aromatic heterocycles. The van der Waals surface area contributed by atoms with Crippen LogP contribution in [0.2, 0.25) is 0 Å². The second-order valence-corrected chi connectivity index (χ2v) is 14.9. The van der Waals surface area contributed by atoms with Crippen LogP contribution in [0.4, 0.5) is 0 Å². The first-order chi connectivity index (χ1) is 29.7. The topological polar surface area (TPSA) is 64.5 Å². The predicted molar refractivity (Wildman–Crippen MR) is 246 cm³/mol. The van der Waals surface area contributed by atoms with Gasteiger partial charge < -0.3 is 0 Å². The van der Waals surface area contributed by atoms with Crippen molar-refractivity contribution in [2.24, 2.45) is 0 Å². The third-order valence-corrected chi connectivity index (χ3v) is 11.1. The molecule has 0 fully saturated rings. The van der Waals surface area contributed by atoms with E-state index >= 15 is 0 Å². The van der Waals surface area contributed by atoms with E-state index in [0.717, 1.165) is 72.1 Å². The molecule has 60 heavy (non-hydrogen) atoms. The lowest BCUT2D eigenvalue weighted by Crippen LogP contribution is -2.00. The smallest absolute Gasteiger partial charge is 0.164 e. The van der Waals surface area contributed by atoms with Gasteiger partial charge in [-0.1, -0.05) is 182 Å². The van der Waals surface area contributed by atoms with Crippen LogP contribution in [-0.2, 0) is 0 Å². The Morgan fingerprint density at radius 3 is 1.30 bits per heavy atom. The molecule has 0 aliphatic heterocycles. The molecule has 0 saturated heterocycles. The van der Waals surface area contributed by atoms with Crippen LogP contribution in [0.5, 0.6) is 0 Å². The fraction of sp³-hybridized carbons (Fsp3) is 0. The van der Waals surface area contributed by atoms with E-state index in [4.69, 9.17) is 24.9 Å². The van der Waals surface area contributed by atoms with E-state index in [2.05, 4.69) is 194 Å². The molecule has 0 aliphatic carbocycles. The monoisotopic (exact) mass is 765 g/mol. The van der Waals surface area contributed by atoms with Crippen LogP contribution in [-0.4, -0.2) is 24.9 Å². The van der Waals surface area contributed by atoms with Gasteiger partial charge in [-0.2, -0.15) is 0 Å². The summed E-state index contributed by atoms with van der Waals surface area (Å²) in [6, 6.07) is 73.6. The molecule has 0 saturated carbocycles. The van der Waals surface area contributed by atoms with Crippen LogP contribution in [0.25, 0.3) is 112 Å². The van der Waals surface area contributed by atoms with Crippen LogP contribution in [0, 0.1) is 0 Å². The van der Waals surface area contributed by atoms with Crippen LogP contribution in [0.15, 0.2) is 212 Å². The molecule has 2 heterocycles. The van der Waals surface area contributed by atoms with Gasteiger partial charge in [-0.05, 0) is 73.8 Å². The van der Waals surface area contributed by atoms with E-state index in [1.165, 1.54) is 16.2 Å². The van der Waals surface area contributed by atoms with Crippen molar-refractivity contribution in [1.29, 1.82) is 0 Å². The first-order valence-electron chi connectivity index (χ1n) is 20.1. The van der Waals surface area contributed by atoms with E-state index in [1.807, 2.05) is 18.2 Å². The van der Waals surface area contributed by atoms with Gasteiger partial charge in [-0.3, -0.25) is 0 Å². The van der Waals surface area contributed by atoms with Gasteiger partial charge in [-0.25, -0.2) is 24.9 Å². The average Bonchev–Trinajstić information content (AvgIpc) is 3.33. The molecule has 11 aromatic rings. The zero-order chi connectivity index (χ0) is 39.8. The number of hydrogen-bond donors (Lipinski definition) is 0. The minimum absolute atomic E-state index is 0.609. The Balaban J connectivity index is 1.02. The van der Waals surface area contributed by atoms with Crippen molar-refractivity contribution in [1.82, 2.24) is 24.9 Å². The Morgan fingerprint density at radius 1 is 0.217 bits per heavy atom. The van der Waals surface area contributed by atoms with E-state index in [1.54, 1.807) is 0 Å². The summed E-state index contributed by atoms with van der Waals surface area (Å²) in [6.07, 6.45) is 0. The molecule has 0 N–H and O–H groups in total. The van der Waals surface area contributed by atoms with Gasteiger partial charge in [0.2, 0.25) is 0 Å². The molecule has 5 heteroatoms. The fourth-order valence-electron chi connectivity index (χ4n) is 8.01. The summed E-state index contributed by atoms with van der Waals surface area (Å²) in [5.74, 6) is 2.54. The normalized spacial score (nSPS) is 11.3. The van der Waals surface area contributed by atoms with E-state index in [0.29, 0.717) is 23.3 Å². The molecular weight excluding hydrogens is 731 g/mol. The van der Waals surface area contributed by atoms with Crippen molar-refractivity contribution in [2.75, 3.05) is 0 Å². The lowest BCUT2D eigenvalue weighted by atomic mass is 9.98. The standard InChI is InChI=1S/C55H35N5/c1-2-16-39(17-3-1)52-56-50(35-51(57-52)49-26-12-20-38-15-8-9-25-48(38)49)44-23-10-21-42(31-44)43-22-11-24-45(34-43)53-58-54(46-29-27-36-13-4-6-18-40(36)32-46)60-55(59-53)47-30-28-37-14-5-7-19-41(37)33-47/h1-35H. The molecule has 0 spiro atoms. The van der Waals surface area contributed by atoms with Crippen molar-refractivity contribution in [3.05, 3.63) is 212 Å². The summed E-state index contributed by atoms with van der Waals surface area (Å²) in [6.45, 7) is 0. The van der Waals surface area contributed by atoms with Crippen molar-refractivity contribution < 1.29 is 0 Å². The molecular formula is C55H35N5. The first kappa shape index (κ1) is 35.0. The third kappa shape index (κ3) is 6.74. The Labute approximate surface area is 347 Å². The number of aromatic nitrogens is 5. The van der Waals surface area contributed by atoms with Gasteiger partial charge in [0.05, 0.1) is 11.4 Å². The van der Waals surface area contributed by atoms with Crippen molar-refractivity contribution in [3.8, 4) is 79.2 Å². The summed E-state index contributed by atoms with van der Waals surface area (Å²) in [4.78, 5) is 25.6. The quantitative estimate of drug-likeness (QED) is 0.162. The molecule has 0 radical (unpaired) electrons. The minimum atomic E-state index is 0.609. The van der Waals surface area contributed by atoms with Crippen molar-refractivity contribution in [3.63, 3.8) is 0 Å². The maximum atomic E-state index is 5.16. The van der Waals surface area contributed by atoms with E-state index in [-0.39, 0.29) is 0 Å². The highest BCUT2D eigenvalue weighted by Gasteiger charge is 2.16. The predicted octanol–water partition coefficient (Wildman–Crippen LogP) is 13.8. The summed E-state index contributed by atoms with van der Waals surface area (Å²) in [7, 11) is 0. The number of fused-ring (bicyclic) bond motifs is 3. The largest absolute Gasteiger partial charge is 0.228 e. The summed E-state index contributed by atoms with van der Waals surface area (Å²) < 4.78 is 0. The number of rotatable bonds is 7. The lowest BCUT2D eigenvalue weighted by molar-refractivity contribution is 1.08. The second kappa shape index (κ2) is 15.0. The van der Waals surface area contributed by atoms with E-state index in [9.17, 15) is 0 Å². The van der Waals surface area contributed by atoms with Gasteiger partial charge >= 0.3 is 0 Å². The maximum Gasteiger partial charge on any atom is 0.164 e. The van der Waals surface area contributed by atoms with Gasteiger partial charge in [-0.15, -0.1) is 0 Å². The van der Waals surface area contributed by atoms with Gasteiger partial charge in [0.25, 0.3) is 0 Å². The Hall–Kier alpha value is -8.15. The summed E-state index contributed by atoms with van der Waals surface area (Å²) in [5, 5.41) is 6.93. The maximum absolute atomic E-state index is 5.16. The second-order valence-electron chi connectivity index (χ2n) is 14.9. The van der Waals surface area contributed by atoms with Crippen molar-refractivity contribution >= 4 is 32.3 Å². The lowest BCUT2D eigenvalue weighted by Gasteiger charge is -2.13. The number of nitrogens with zero attached hydrogens (tertiary/aromatic N) is 5. The minimum Gasteiger partial charge on any atom is -0.228 e. The Kier molecular flexibility index (Phi) is 8.75. The molecule has 0 atom stereocenters. The summed E-state index contributed by atoms with van der Waals surface area (Å²) >= 11 is 0. The van der Waals surface area contributed by atoms with Crippen LogP contribution in [0.3, 0.4) is 0 Å². The average molecular weight is 766 g/mol. The SMILES string of the molecule is c1ccc(-c2nc(-c3cccc(-c4cccc(-c5nc(-c6ccc7ccccc7c6)nc(-c6ccc7ccccc7c6)n5)c4)c3)cc(-c3cccc4ccccc34)n2)cc1. The van der Waals surface area contributed by atoms with Crippen LogP contribution >= 0.6 is 0 Å². The van der Waals surface area contributed by atoms with Gasteiger partial charge in [0.1, 0.15) is 0 Å². The number of benzene rings is 9. The summed E-state index contributed by atoms with van der Waals surface area (Å²) in [5.41, 5.74) is 9.63. The zero-order valence-corrected chi connectivity index (χ0v) is 32.4. The number of hydrogen-bond acceptors (Lipinski definition) is 5. The molecule has 0 amide bonds. The molecule has 280 valence electrons. The van der Waals surface area contributed by atoms with E-state index < -0.39 is 0 Å².